The Bertz CT molecular complexity index is 208. The molecule has 0 fully saturated rings. The molecule has 1 aliphatic heterocycles. The molecule has 0 bridgehead atoms. The van der Waals surface area contributed by atoms with Crippen molar-refractivity contribution in [3.05, 3.63) is 21.0 Å². The molecule has 0 aliphatic carbocycles. The van der Waals surface area contributed by atoms with Gasteiger partial charge in [0.05, 0.1) is 4.91 Å². The minimum atomic E-state index is -0.299. The summed E-state index contributed by atoms with van der Waals surface area (Å²) in [7, 11) is 0. The Morgan fingerprint density at radius 2 is 1.90 bits per heavy atom. The lowest BCUT2D eigenvalue weighted by Crippen LogP contribution is -2.07. The maximum Gasteiger partial charge on any atom is 0.173 e. The molecule has 56 valence electrons. The number of thiol groups is 4. The molecular weight excluding hydrogens is 204 g/mol. The monoisotopic (exact) mass is 210 g/mol. The van der Waals surface area contributed by atoms with Gasteiger partial charge in [-0.2, -0.15) is 0 Å². The van der Waals surface area contributed by atoms with E-state index in [1.165, 1.54) is 0 Å². The molecule has 0 spiro atoms. The normalized spacial score (nSPS) is 26.0. The molecule has 1 atom stereocenters. The van der Waals surface area contributed by atoms with Gasteiger partial charge in [0.2, 0.25) is 0 Å². The van der Waals surface area contributed by atoms with E-state index in [9.17, 15) is 0 Å². The Kier molecular flexibility index (Phi) is 2.97. The topological polar surface area (TPSA) is 9.23 Å². The van der Waals surface area contributed by atoms with E-state index < -0.39 is 0 Å². The fourth-order valence-corrected chi connectivity index (χ4v) is 1.41. The number of allylic oxidation sites excluding steroid dienone is 1. The van der Waals surface area contributed by atoms with Crippen LogP contribution in [0.2, 0.25) is 0 Å². The highest BCUT2D eigenvalue weighted by Gasteiger charge is 2.14. The van der Waals surface area contributed by atoms with Crippen LogP contribution in [0.1, 0.15) is 0 Å². The van der Waals surface area contributed by atoms with Gasteiger partial charge < -0.3 is 4.74 Å². The molecule has 0 N–H and O–H groups in total. The summed E-state index contributed by atoms with van der Waals surface area (Å²) in [5.41, 5.74) is -0.299. The van der Waals surface area contributed by atoms with Gasteiger partial charge in [-0.1, -0.05) is 0 Å². The van der Waals surface area contributed by atoms with Crippen LogP contribution in [0.3, 0.4) is 0 Å². The maximum atomic E-state index is 5.10. The predicted octanol–water partition coefficient (Wildman–Crippen LogP) is 2.11. The summed E-state index contributed by atoms with van der Waals surface area (Å²) in [6, 6.07) is 0. The molecule has 0 aromatic rings. The van der Waals surface area contributed by atoms with E-state index in [2.05, 4.69) is 50.5 Å². The van der Waals surface area contributed by atoms with Gasteiger partial charge in [0, 0.05) is 4.91 Å². The van der Waals surface area contributed by atoms with E-state index >= 15 is 0 Å². The zero-order valence-corrected chi connectivity index (χ0v) is 8.43. The molecule has 1 heterocycles. The van der Waals surface area contributed by atoms with Gasteiger partial charge in [-0.15, -0.1) is 50.5 Å². The summed E-state index contributed by atoms with van der Waals surface area (Å²) in [5, 5.41) is 0.487. The third-order valence-corrected chi connectivity index (χ3v) is 2.79. The molecule has 0 saturated heterocycles. The van der Waals surface area contributed by atoms with E-state index in [1.807, 2.05) is 0 Å². The standard InChI is InChI=1S/C5H6OS4/c7-2-1-3(8)5(10)6-4(2)9/h1,4,7-10H. The van der Waals surface area contributed by atoms with Crippen LogP contribution in [-0.2, 0) is 4.74 Å². The second-order valence-electron chi connectivity index (χ2n) is 1.73. The average molecular weight is 210 g/mol. The molecule has 10 heavy (non-hydrogen) atoms. The SMILES string of the molecule is SC1=CC(S)=C(S)OC1S. The Balaban J connectivity index is 2.88. The van der Waals surface area contributed by atoms with Crippen molar-refractivity contribution < 1.29 is 4.74 Å². The van der Waals surface area contributed by atoms with Gasteiger partial charge >= 0.3 is 0 Å². The molecule has 1 rings (SSSR count). The van der Waals surface area contributed by atoms with E-state index in [0.717, 1.165) is 4.91 Å². The van der Waals surface area contributed by atoms with Crippen LogP contribution in [0.25, 0.3) is 0 Å². The molecule has 1 aliphatic rings. The highest BCUT2D eigenvalue weighted by atomic mass is 32.1. The summed E-state index contributed by atoms with van der Waals surface area (Å²) in [5.74, 6) is 0. The van der Waals surface area contributed by atoms with Crippen LogP contribution in [0, 0.1) is 0 Å². The summed E-state index contributed by atoms with van der Waals surface area (Å²) < 4.78 is 5.10. The van der Waals surface area contributed by atoms with Crippen molar-refractivity contribution in [2.45, 2.75) is 5.44 Å². The average Bonchev–Trinajstić information content (AvgIpc) is 1.84. The Labute approximate surface area is 81.5 Å². The molecule has 0 aromatic heterocycles. The van der Waals surface area contributed by atoms with Crippen LogP contribution in [0.4, 0.5) is 0 Å². The second-order valence-corrected chi connectivity index (χ2v) is 3.60. The van der Waals surface area contributed by atoms with Crippen LogP contribution in [-0.4, -0.2) is 5.44 Å². The Morgan fingerprint density at radius 1 is 1.30 bits per heavy atom. The van der Waals surface area contributed by atoms with Crippen molar-refractivity contribution in [1.29, 1.82) is 0 Å². The van der Waals surface area contributed by atoms with Crippen molar-refractivity contribution in [2.75, 3.05) is 0 Å². The first-order valence-electron chi connectivity index (χ1n) is 2.48. The van der Waals surface area contributed by atoms with E-state index in [4.69, 9.17) is 4.74 Å². The zero-order chi connectivity index (χ0) is 7.72. The van der Waals surface area contributed by atoms with Crippen molar-refractivity contribution in [1.82, 2.24) is 0 Å². The Hall–Kier alpha value is 0.680. The lowest BCUT2D eigenvalue weighted by Gasteiger charge is -2.18. The summed E-state index contributed by atoms with van der Waals surface area (Å²) in [4.78, 5) is 1.42. The van der Waals surface area contributed by atoms with Crippen molar-refractivity contribution in [3.8, 4) is 0 Å². The lowest BCUT2D eigenvalue weighted by atomic mass is 10.4. The fourth-order valence-electron chi connectivity index (χ4n) is 0.500. The largest absolute Gasteiger partial charge is 0.468 e. The molecule has 1 unspecified atom stereocenters. The zero-order valence-electron chi connectivity index (χ0n) is 4.85. The predicted molar refractivity (Wildman–Crippen MR) is 55.9 cm³/mol. The number of hydrogen-bond donors (Lipinski definition) is 4. The molecule has 0 saturated carbocycles. The van der Waals surface area contributed by atoms with Crippen LogP contribution in [0.15, 0.2) is 21.0 Å². The summed E-state index contributed by atoms with van der Waals surface area (Å²) in [6.07, 6.45) is 1.76. The number of ether oxygens (including phenoxy) is 1. The highest BCUT2D eigenvalue weighted by Crippen LogP contribution is 2.30. The van der Waals surface area contributed by atoms with Gasteiger partial charge in [0.1, 0.15) is 0 Å². The third-order valence-electron chi connectivity index (χ3n) is 0.980. The first kappa shape index (κ1) is 8.77. The third kappa shape index (κ3) is 1.84. The minimum absolute atomic E-state index is 0.299. The van der Waals surface area contributed by atoms with Gasteiger partial charge in [-0.05, 0) is 6.08 Å². The molecule has 0 amide bonds. The van der Waals surface area contributed by atoms with E-state index in [-0.39, 0.29) is 5.44 Å². The first-order chi connectivity index (χ1) is 4.61. The van der Waals surface area contributed by atoms with Crippen molar-refractivity contribution in [3.63, 3.8) is 0 Å². The fraction of sp³-hybridized carbons (Fsp3) is 0.200. The first-order valence-corrected chi connectivity index (χ1v) is 4.34. The highest BCUT2D eigenvalue weighted by molar-refractivity contribution is 7.89. The van der Waals surface area contributed by atoms with Crippen LogP contribution >= 0.6 is 50.5 Å². The molecule has 1 nitrogen and oxygen atoms in total. The van der Waals surface area contributed by atoms with E-state index in [0.29, 0.717) is 10.00 Å². The van der Waals surface area contributed by atoms with Gasteiger partial charge in [-0.25, -0.2) is 0 Å². The second kappa shape index (κ2) is 3.38. The molecule has 0 aromatic carbocycles. The van der Waals surface area contributed by atoms with E-state index in [1.54, 1.807) is 6.08 Å². The van der Waals surface area contributed by atoms with Gasteiger partial charge in [0.15, 0.2) is 10.5 Å². The quantitative estimate of drug-likeness (QED) is 0.448. The lowest BCUT2D eigenvalue weighted by molar-refractivity contribution is 0.244. The van der Waals surface area contributed by atoms with Crippen molar-refractivity contribution in [2.24, 2.45) is 0 Å². The summed E-state index contributed by atoms with van der Waals surface area (Å²) in [6.45, 7) is 0. The van der Waals surface area contributed by atoms with Crippen LogP contribution < -0.4 is 0 Å². The number of rotatable bonds is 0. The summed E-state index contributed by atoms with van der Waals surface area (Å²) >= 11 is 16.3. The van der Waals surface area contributed by atoms with Gasteiger partial charge in [0.25, 0.3) is 0 Å². The van der Waals surface area contributed by atoms with Gasteiger partial charge in [-0.3, -0.25) is 0 Å². The number of hydrogen-bond acceptors (Lipinski definition) is 5. The maximum absolute atomic E-state index is 5.10. The minimum Gasteiger partial charge on any atom is -0.468 e. The molecule has 0 radical (unpaired) electrons. The molecular formula is C5H6OS4. The Morgan fingerprint density at radius 3 is 2.40 bits per heavy atom. The smallest absolute Gasteiger partial charge is 0.173 e. The van der Waals surface area contributed by atoms with Crippen LogP contribution in [0.5, 0.6) is 0 Å². The van der Waals surface area contributed by atoms with Crippen molar-refractivity contribution >= 4 is 50.5 Å². The molecule has 5 heteroatoms.